The van der Waals surface area contributed by atoms with Gasteiger partial charge in [-0.2, -0.15) is 39.5 Å². The summed E-state index contributed by atoms with van der Waals surface area (Å²) in [6.45, 7) is 3.80. The van der Waals surface area contributed by atoms with Crippen molar-refractivity contribution in [1.29, 1.82) is 0 Å². The van der Waals surface area contributed by atoms with Crippen LogP contribution in [0.4, 0.5) is 83.2 Å². The number of aryl methyl sites for hydroxylation is 1. The highest BCUT2D eigenvalue weighted by Crippen LogP contribution is 2.52. The fourth-order valence-corrected chi connectivity index (χ4v) is 14.2. The molecule has 0 radical (unpaired) electrons. The highest BCUT2D eigenvalue weighted by atomic mass is 32.2. The Bertz CT molecular complexity index is 4540. The van der Waals surface area contributed by atoms with Gasteiger partial charge in [0.1, 0.15) is 22.8 Å². The number of sulfonamides is 1. The lowest BCUT2D eigenvalue weighted by atomic mass is 9.72. The molecule has 30 heteroatoms. The number of fused-ring (bicyclic) bond motifs is 6. The third-order valence-electron chi connectivity index (χ3n) is 18.2. The average Bonchev–Trinajstić information content (AvgIpc) is 0.761. The van der Waals surface area contributed by atoms with Crippen LogP contribution in [0.5, 0.6) is 17.2 Å². The third-order valence-corrected chi connectivity index (χ3v) is 19.5. The number of hydrogen-bond donors (Lipinski definition) is 7. The monoisotopic (exact) mass is 1400 g/mol. The van der Waals surface area contributed by atoms with Gasteiger partial charge in [-0.15, -0.1) is 0 Å². The first kappa shape index (κ1) is 67.5. The summed E-state index contributed by atoms with van der Waals surface area (Å²) >= 11 is 0. The Morgan fingerprint density at radius 2 is 1.04 bits per heavy atom. The summed E-state index contributed by atoms with van der Waals surface area (Å²) < 4.78 is 173. The van der Waals surface area contributed by atoms with E-state index in [-0.39, 0.29) is 80.5 Å². The highest BCUT2D eigenvalue weighted by molar-refractivity contribution is 7.92. The van der Waals surface area contributed by atoms with Crippen LogP contribution in [-0.4, -0.2) is 93.7 Å². The zero-order valence-electron chi connectivity index (χ0n) is 52.4. The average molecular weight is 1400 g/mol. The normalized spacial score (nSPS) is 20.2. The van der Waals surface area contributed by atoms with Crippen LogP contribution in [0.25, 0.3) is 16.7 Å². The molecule has 3 fully saturated rings. The molecule has 0 aromatic heterocycles. The summed E-state index contributed by atoms with van der Waals surface area (Å²) in [5.41, 5.74) is 4.14. The minimum Gasteiger partial charge on any atom is -0.486 e. The Morgan fingerprint density at radius 3 is 1.52 bits per heavy atom. The molecule has 8 aliphatic heterocycles. The van der Waals surface area contributed by atoms with Gasteiger partial charge >= 0.3 is 30.6 Å². The maximum absolute atomic E-state index is 13.2. The van der Waals surface area contributed by atoms with E-state index in [1.165, 1.54) is 42.5 Å². The Balaban J connectivity index is 0.000000133. The van der Waals surface area contributed by atoms with Gasteiger partial charge in [-0.3, -0.25) is 24.0 Å². The van der Waals surface area contributed by atoms with Crippen LogP contribution in [0.3, 0.4) is 0 Å². The molecular formula is C69H61F9N8O12S. The summed E-state index contributed by atoms with van der Waals surface area (Å²) in [5.74, 6) is -1.01. The summed E-state index contributed by atoms with van der Waals surface area (Å²) in [5, 5.41) is 16.5. The topological polar surface area (TPSA) is 253 Å². The Hall–Kier alpha value is -10.1. The van der Waals surface area contributed by atoms with Crippen molar-refractivity contribution in [2.24, 2.45) is 0 Å². The predicted molar refractivity (Wildman–Crippen MR) is 345 cm³/mol. The standard InChI is InChI=1S/C25H24F3N3O3.C22H18F3N3O4.C22H19F3N2O5S/c1-2-31-20-6-3-5-19(18(20)14-29-23(31)33)30-22(32)11-15-13-24(9-4-10-24)34-21-12-16(25(26,27)28)7-8-17(15)21;23-22(24,25)13-4-5-14-12(8-21(10-31-11-21)32-18(14)7-13)6-19(29)27-16-2-1-3-17-15(16)9-26-20(30)28-17;23-22(24,25)15-2-4-17-14(10-21(11-31-12-21)32-19(17)8-15)7-20(28)26-16-3-1-13-5-6-33(29,30)27-18(13)9-16/h3,5-8,11-12H,2,4,9-10,13-14H2,1H3,(H,29,33)(H,30,32);1-7H,8-11H2,(H,27,29)(H2,26,28,30);1-4,7-9,27H,5-6,10-12H2,(H,26,28)/b15-11+;12-6+;14-7+. The Kier molecular flexibility index (Phi) is 17.5. The molecule has 0 atom stereocenters. The number of nitrogens with one attached hydrogen (secondary N) is 7. The summed E-state index contributed by atoms with van der Waals surface area (Å²) in [6.07, 6.45) is -5.44. The van der Waals surface area contributed by atoms with Crippen LogP contribution >= 0.6 is 0 Å². The first-order chi connectivity index (χ1) is 46.9. The van der Waals surface area contributed by atoms with E-state index in [2.05, 4.69) is 36.6 Å². The fourth-order valence-electron chi connectivity index (χ4n) is 13.1. The number of benzene rings is 6. The van der Waals surface area contributed by atoms with Crippen LogP contribution in [-0.2, 0) is 71.9 Å². The molecule has 518 valence electrons. The number of anilines is 6. The van der Waals surface area contributed by atoms with Gasteiger partial charge in [0, 0.05) is 108 Å². The highest BCUT2D eigenvalue weighted by Gasteiger charge is 2.49. The van der Waals surface area contributed by atoms with Crippen LogP contribution in [0.2, 0.25) is 0 Å². The summed E-state index contributed by atoms with van der Waals surface area (Å²) in [6, 6.07) is 24.8. The van der Waals surface area contributed by atoms with Gasteiger partial charge in [-0.05, 0) is 128 Å². The lowest BCUT2D eigenvalue weighted by molar-refractivity contribution is -0.161. The summed E-state index contributed by atoms with van der Waals surface area (Å²) in [4.78, 5) is 63.8. The first-order valence-electron chi connectivity index (χ1n) is 31.3. The number of ether oxygens (including phenoxy) is 5. The van der Waals surface area contributed by atoms with Crippen molar-refractivity contribution < 1.29 is 95.6 Å². The number of carbonyl (C=O) groups excluding carboxylic acids is 5. The van der Waals surface area contributed by atoms with Crippen LogP contribution < -0.4 is 55.7 Å². The van der Waals surface area contributed by atoms with Crippen molar-refractivity contribution in [2.45, 2.75) is 100 Å². The van der Waals surface area contributed by atoms with Gasteiger partial charge in [-0.25, -0.2) is 18.0 Å². The molecule has 9 aliphatic rings. The van der Waals surface area contributed by atoms with Crippen LogP contribution in [0.1, 0.15) is 95.5 Å². The molecule has 1 saturated carbocycles. The number of alkyl halides is 9. The van der Waals surface area contributed by atoms with Crippen molar-refractivity contribution in [3.05, 3.63) is 177 Å². The van der Waals surface area contributed by atoms with E-state index < -0.39 is 73.9 Å². The van der Waals surface area contributed by atoms with E-state index >= 15 is 0 Å². The van der Waals surface area contributed by atoms with E-state index in [0.29, 0.717) is 94.1 Å². The molecule has 8 heterocycles. The minimum atomic E-state index is -4.52. The molecular weight excluding hydrogens is 1340 g/mol. The van der Waals surface area contributed by atoms with E-state index in [1.54, 1.807) is 47.4 Å². The molecule has 0 unspecified atom stereocenters. The Morgan fingerprint density at radius 1 is 0.566 bits per heavy atom. The number of rotatable bonds is 7. The molecule has 0 bridgehead atoms. The van der Waals surface area contributed by atoms with Gasteiger partial charge < -0.3 is 55.6 Å². The number of hydrogen-bond acceptors (Lipinski definition) is 12. The molecule has 20 nitrogen and oxygen atoms in total. The van der Waals surface area contributed by atoms with Crippen molar-refractivity contribution >= 4 is 90.7 Å². The quantitative estimate of drug-likeness (QED) is 0.0582. The summed E-state index contributed by atoms with van der Waals surface area (Å²) in [7, 11) is -3.40. The molecule has 2 saturated heterocycles. The fraction of sp³-hybridized carbons (Fsp3) is 0.319. The second kappa shape index (κ2) is 25.7. The maximum Gasteiger partial charge on any atom is 0.416 e. The number of carbonyl (C=O) groups is 5. The van der Waals surface area contributed by atoms with Crippen molar-refractivity contribution in [3.8, 4) is 17.2 Å². The number of halogens is 9. The number of urea groups is 2. The molecule has 6 aromatic carbocycles. The second-order valence-corrected chi connectivity index (χ2v) is 27.1. The van der Waals surface area contributed by atoms with E-state index in [9.17, 15) is 71.9 Å². The molecule has 6 aromatic rings. The molecule has 99 heavy (non-hydrogen) atoms. The largest absolute Gasteiger partial charge is 0.486 e. The zero-order valence-corrected chi connectivity index (χ0v) is 53.2. The first-order valence-corrected chi connectivity index (χ1v) is 33.0. The second-order valence-electron chi connectivity index (χ2n) is 25.2. The van der Waals surface area contributed by atoms with Gasteiger partial charge in [-0.1, -0.05) is 36.4 Å². The van der Waals surface area contributed by atoms with Crippen molar-refractivity contribution in [1.82, 2.24) is 10.6 Å². The predicted octanol–water partition coefficient (Wildman–Crippen LogP) is 13.0. The number of nitrogens with zero attached hydrogens (tertiary/aromatic N) is 1. The van der Waals surface area contributed by atoms with E-state index in [4.69, 9.17) is 23.7 Å². The lowest BCUT2D eigenvalue weighted by Crippen LogP contribution is -2.56. The van der Waals surface area contributed by atoms with Crippen molar-refractivity contribution in [3.63, 3.8) is 0 Å². The minimum absolute atomic E-state index is 0.000795. The smallest absolute Gasteiger partial charge is 0.416 e. The van der Waals surface area contributed by atoms with Gasteiger partial charge in [0.2, 0.25) is 27.7 Å². The molecule has 7 N–H and O–H groups in total. The molecule has 1 aliphatic carbocycles. The molecule has 3 spiro atoms. The van der Waals surface area contributed by atoms with Crippen LogP contribution in [0, 0.1) is 0 Å². The van der Waals surface area contributed by atoms with Gasteiger partial charge in [0.15, 0.2) is 11.2 Å². The van der Waals surface area contributed by atoms with Gasteiger partial charge in [0.05, 0.1) is 60.2 Å². The number of amides is 7. The van der Waals surface area contributed by atoms with Gasteiger partial charge in [0.25, 0.3) is 0 Å². The van der Waals surface area contributed by atoms with Crippen LogP contribution in [0.15, 0.2) is 127 Å². The lowest BCUT2D eigenvalue weighted by Gasteiger charge is -2.46. The van der Waals surface area contributed by atoms with E-state index in [0.717, 1.165) is 78.0 Å². The zero-order chi connectivity index (χ0) is 70.0. The SMILES string of the molecule is CCN1C(=O)NCc2c(NC(=O)/C=C3\CC4(CCC4)Oc4cc(C(F)(F)F)ccc43)cccc21.O=C(/C=C1\CC2(COC2)Oc2cc(C(F)(F)F)ccc21)Nc1ccc2c(c1)NS(=O)(=O)CC2.O=C(/C=C1\CC2(COC2)Oc2cc(C(F)(F)F)ccc21)Nc1cccc2c1CNC(=O)N2. The van der Waals surface area contributed by atoms with Crippen molar-refractivity contribution in [2.75, 3.05) is 69.6 Å². The molecule has 15 rings (SSSR count). The van der Waals surface area contributed by atoms with E-state index in [1.807, 2.05) is 13.0 Å². The maximum atomic E-state index is 13.2. The molecule has 7 amide bonds. The Labute approximate surface area is 559 Å². The third kappa shape index (κ3) is 14.3.